The zero-order valence-corrected chi connectivity index (χ0v) is 12.3. The average molecular weight is 279 g/mol. The van der Waals surface area contributed by atoms with Gasteiger partial charge in [-0.1, -0.05) is 6.58 Å². The third kappa shape index (κ3) is 2.04. The van der Waals surface area contributed by atoms with E-state index in [1.165, 1.54) is 12.8 Å². The van der Waals surface area contributed by atoms with Crippen LogP contribution in [0.4, 0.5) is 0 Å². The molecule has 3 aliphatic rings. The van der Waals surface area contributed by atoms with Crippen LogP contribution in [0.2, 0.25) is 0 Å². The zero-order chi connectivity index (χ0) is 14.3. The Labute approximate surface area is 120 Å². The molecule has 1 spiro atoms. The first-order valence-electron chi connectivity index (χ1n) is 7.73. The van der Waals surface area contributed by atoms with Gasteiger partial charge in [0.25, 0.3) is 0 Å². The Morgan fingerprint density at radius 3 is 2.60 bits per heavy atom. The summed E-state index contributed by atoms with van der Waals surface area (Å²) in [7, 11) is 0. The fourth-order valence-corrected chi connectivity index (χ4v) is 3.87. The standard InChI is InChI=1S/C15H25N3O2/c1-11(17-8-3-4-9-17)13(12(2)19)18-10-15(14(18)20)6-5-7-16-15/h12-13,16,19H,1,3-10H2,2H3. The van der Waals surface area contributed by atoms with E-state index in [0.717, 1.165) is 38.2 Å². The average Bonchev–Trinajstić information content (AvgIpc) is 3.09. The Morgan fingerprint density at radius 1 is 1.40 bits per heavy atom. The van der Waals surface area contributed by atoms with Gasteiger partial charge in [-0.3, -0.25) is 4.79 Å². The van der Waals surface area contributed by atoms with Crippen molar-refractivity contribution in [1.82, 2.24) is 15.1 Å². The van der Waals surface area contributed by atoms with Crippen LogP contribution in [0.15, 0.2) is 12.3 Å². The number of amides is 1. The van der Waals surface area contributed by atoms with Crippen molar-refractivity contribution in [3.63, 3.8) is 0 Å². The summed E-state index contributed by atoms with van der Waals surface area (Å²) in [6.45, 7) is 9.53. The van der Waals surface area contributed by atoms with Crippen molar-refractivity contribution >= 4 is 5.91 Å². The summed E-state index contributed by atoms with van der Waals surface area (Å²) in [5, 5.41) is 13.5. The van der Waals surface area contributed by atoms with Crippen molar-refractivity contribution < 1.29 is 9.90 Å². The van der Waals surface area contributed by atoms with E-state index in [2.05, 4.69) is 16.8 Å². The van der Waals surface area contributed by atoms with Crippen LogP contribution in [0.1, 0.15) is 32.6 Å². The molecular formula is C15H25N3O2. The molecule has 3 unspecified atom stereocenters. The molecule has 0 aromatic heterocycles. The minimum Gasteiger partial charge on any atom is -0.391 e. The van der Waals surface area contributed by atoms with E-state index in [4.69, 9.17) is 0 Å². The van der Waals surface area contributed by atoms with Crippen LogP contribution in [0, 0.1) is 0 Å². The lowest BCUT2D eigenvalue weighted by atomic mass is 9.84. The number of rotatable bonds is 4. The summed E-state index contributed by atoms with van der Waals surface area (Å²) in [6, 6.07) is -0.270. The number of β-lactam (4-membered cyclic amide) rings is 1. The zero-order valence-electron chi connectivity index (χ0n) is 12.3. The van der Waals surface area contributed by atoms with E-state index in [0.29, 0.717) is 6.54 Å². The lowest BCUT2D eigenvalue weighted by molar-refractivity contribution is -0.158. The van der Waals surface area contributed by atoms with E-state index in [-0.39, 0.29) is 17.5 Å². The first-order chi connectivity index (χ1) is 9.55. The van der Waals surface area contributed by atoms with Gasteiger partial charge in [-0.05, 0) is 39.2 Å². The van der Waals surface area contributed by atoms with E-state index in [1.54, 1.807) is 6.92 Å². The number of nitrogens with zero attached hydrogens (tertiary/aromatic N) is 2. The van der Waals surface area contributed by atoms with Gasteiger partial charge in [-0.25, -0.2) is 0 Å². The van der Waals surface area contributed by atoms with Gasteiger partial charge in [0.15, 0.2) is 0 Å². The first-order valence-corrected chi connectivity index (χ1v) is 7.73. The van der Waals surface area contributed by atoms with Crippen LogP contribution in [0.3, 0.4) is 0 Å². The maximum Gasteiger partial charge on any atom is 0.245 e. The van der Waals surface area contributed by atoms with Crippen LogP contribution < -0.4 is 5.32 Å². The summed E-state index contributed by atoms with van der Waals surface area (Å²) < 4.78 is 0. The van der Waals surface area contributed by atoms with Crippen molar-refractivity contribution in [2.45, 2.75) is 50.3 Å². The van der Waals surface area contributed by atoms with Crippen molar-refractivity contribution in [1.29, 1.82) is 0 Å². The van der Waals surface area contributed by atoms with E-state index in [1.807, 2.05) is 4.90 Å². The van der Waals surface area contributed by atoms with Gasteiger partial charge >= 0.3 is 0 Å². The molecule has 0 aromatic rings. The summed E-state index contributed by atoms with van der Waals surface area (Å²) in [6.07, 6.45) is 3.75. The Kier molecular flexibility index (Phi) is 3.50. The topological polar surface area (TPSA) is 55.8 Å². The number of aliphatic hydroxyl groups is 1. The molecule has 3 heterocycles. The molecule has 3 atom stereocenters. The highest BCUT2D eigenvalue weighted by molar-refractivity contribution is 5.93. The van der Waals surface area contributed by atoms with Gasteiger partial charge in [0, 0.05) is 25.3 Å². The second-order valence-corrected chi connectivity index (χ2v) is 6.42. The van der Waals surface area contributed by atoms with E-state index >= 15 is 0 Å². The molecule has 20 heavy (non-hydrogen) atoms. The molecule has 0 aromatic carbocycles. The van der Waals surface area contributed by atoms with E-state index in [9.17, 15) is 9.90 Å². The van der Waals surface area contributed by atoms with Crippen LogP contribution >= 0.6 is 0 Å². The monoisotopic (exact) mass is 279 g/mol. The molecule has 1 amide bonds. The maximum absolute atomic E-state index is 12.5. The van der Waals surface area contributed by atoms with Gasteiger partial charge in [0.2, 0.25) is 5.91 Å². The fourth-order valence-electron chi connectivity index (χ4n) is 3.87. The maximum atomic E-state index is 12.5. The number of hydrogen-bond donors (Lipinski definition) is 2. The molecule has 112 valence electrons. The second-order valence-electron chi connectivity index (χ2n) is 6.42. The fraction of sp³-hybridized carbons (Fsp3) is 0.800. The smallest absolute Gasteiger partial charge is 0.245 e. The van der Waals surface area contributed by atoms with Crippen molar-refractivity contribution in [3.8, 4) is 0 Å². The minimum atomic E-state index is -0.578. The van der Waals surface area contributed by atoms with E-state index < -0.39 is 6.10 Å². The predicted molar refractivity (Wildman–Crippen MR) is 77.1 cm³/mol. The number of carbonyl (C=O) groups excluding carboxylic acids is 1. The van der Waals surface area contributed by atoms with Gasteiger partial charge in [0.1, 0.15) is 5.54 Å². The van der Waals surface area contributed by atoms with Crippen molar-refractivity contribution in [3.05, 3.63) is 12.3 Å². The van der Waals surface area contributed by atoms with Crippen molar-refractivity contribution in [2.24, 2.45) is 0 Å². The molecule has 3 saturated heterocycles. The van der Waals surface area contributed by atoms with Crippen molar-refractivity contribution in [2.75, 3.05) is 26.2 Å². The number of carbonyl (C=O) groups is 1. The van der Waals surface area contributed by atoms with Gasteiger partial charge < -0.3 is 20.2 Å². The lowest BCUT2D eigenvalue weighted by Gasteiger charge is -2.52. The lowest BCUT2D eigenvalue weighted by Crippen LogP contribution is -2.74. The van der Waals surface area contributed by atoms with Crippen LogP contribution in [0.5, 0.6) is 0 Å². The third-order valence-electron chi connectivity index (χ3n) is 5.00. The molecule has 2 N–H and O–H groups in total. The number of aliphatic hydroxyl groups excluding tert-OH is 1. The molecule has 0 saturated carbocycles. The predicted octanol–water partition coefficient (Wildman–Crippen LogP) is 0.310. The highest BCUT2D eigenvalue weighted by atomic mass is 16.3. The van der Waals surface area contributed by atoms with Crippen LogP contribution in [0.25, 0.3) is 0 Å². The number of hydrogen-bond acceptors (Lipinski definition) is 4. The SMILES string of the molecule is C=C(C(C(C)O)N1CC2(CCCN2)C1=O)N1CCCC1. The molecule has 0 aliphatic carbocycles. The minimum absolute atomic E-state index is 0.140. The normalized spacial score (nSPS) is 32.6. The van der Waals surface area contributed by atoms with Crippen LogP contribution in [-0.4, -0.2) is 64.7 Å². The molecule has 3 fully saturated rings. The molecule has 5 heteroatoms. The van der Waals surface area contributed by atoms with Crippen LogP contribution in [-0.2, 0) is 4.79 Å². The largest absolute Gasteiger partial charge is 0.391 e. The summed E-state index contributed by atoms with van der Waals surface area (Å²) >= 11 is 0. The summed E-state index contributed by atoms with van der Waals surface area (Å²) in [4.78, 5) is 16.6. The Hall–Kier alpha value is -1.07. The molecular weight excluding hydrogens is 254 g/mol. The number of nitrogens with one attached hydrogen (secondary N) is 1. The van der Waals surface area contributed by atoms with Gasteiger partial charge in [-0.15, -0.1) is 0 Å². The molecule has 3 aliphatic heterocycles. The Bertz CT molecular complexity index is 409. The third-order valence-corrected chi connectivity index (χ3v) is 5.00. The Balaban J connectivity index is 1.72. The number of likely N-dealkylation sites (tertiary alicyclic amines) is 2. The Morgan fingerprint density at radius 2 is 2.10 bits per heavy atom. The molecule has 0 bridgehead atoms. The first kappa shape index (κ1) is 13.9. The molecule has 0 radical (unpaired) electrons. The van der Waals surface area contributed by atoms with Gasteiger partial charge in [-0.2, -0.15) is 0 Å². The summed E-state index contributed by atoms with van der Waals surface area (Å²) in [5.41, 5.74) is 0.567. The molecule has 3 rings (SSSR count). The molecule has 5 nitrogen and oxygen atoms in total. The highest BCUT2D eigenvalue weighted by Gasteiger charge is 2.56. The summed E-state index contributed by atoms with van der Waals surface area (Å²) in [5.74, 6) is 0.140. The quantitative estimate of drug-likeness (QED) is 0.727. The van der Waals surface area contributed by atoms with Gasteiger partial charge in [0.05, 0.1) is 12.1 Å². The second kappa shape index (κ2) is 5.04. The highest BCUT2D eigenvalue weighted by Crippen LogP contribution is 2.36.